The lowest BCUT2D eigenvalue weighted by molar-refractivity contribution is -0.132. The molecule has 7 heteroatoms. The van der Waals surface area contributed by atoms with Crippen LogP contribution in [0, 0.1) is 0 Å². The average molecular weight is 406 g/mol. The van der Waals surface area contributed by atoms with Crippen molar-refractivity contribution in [2.24, 2.45) is 0 Å². The van der Waals surface area contributed by atoms with Crippen LogP contribution in [0.15, 0.2) is 48.5 Å². The molecule has 7 nitrogen and oxygen atoms in total. The van der Waals surface area contributed by atoms with Crippen LogP contribution in [0.1, 0.15) is 29.0 Å². The van der Waals surface area contributed by atoms with Gasteiger partial charge in [0.2, 0.25) is 5.91 Å². The number of methoxy groups -OCH3 is 1. The van der Waals surface area contributed by atoms with Gasteiger partial charge in [0.05, 0.1) is 18.1 Å². The number of benzene rings is 2. The summed E-state index contributed by atoms with van der Waals surface area (Å²) in [5, 5.41) is 0. The number of fused-ring (bicyclic) bond motifs is 1. The Labute approximate surface area is 175 Å². The molecule has 0 bridgehead atoms. The molecular weight excluding hydrogens is 380 g/mol. The van der Waals surface area contributed by atoms with Crippen molar-refractivity contribution in [2.75, 3.05) is 33.3 Å². The van der Waals surface area contributed by atoms with Gasteiger partial charge in [-0.3, -0.25) is 9.59 Å². The second-order valence-electron chi connectivity index (χ2n) is 7.46. The lowest BCUT2D eigenvalue weighted by atomic mass is 10.1. The van der Waals surface area contributed by atoms with Gasteiger partial charge in [-0.2, -0.15) is 0 Å². The summed E-state index contributed by atoms with van der Waals surface area (Å²) in [5.74, 6) is 1.78. The second-order valence-corrected chi connectivity index (χ2v) is 7.46. The Bertz CT molecular complexity index is 987. The molecule has 156 valence electrons. The minimum atomic E-state index is -0.00497. The van der Waals surface area contributed by atoms with E-state index in [0.717, 1.165) is 35.4 Å². The quantitative estimate of drug-likeness (QED) is 0.683. The number of piperazine rings is 1. The highest BCUT2D eigenvalue weighted by Crippen LogP contribution is 2.16. The van der Waals surface area contributed by atoms with E-state index in [4.69, 9.17) is 4.74 Å². The number of carbonyl (C=O) groups is 2. The molecule has 1 aromatic heterocycles. The molecular formula is C23H26N4O3. The van der Waals surface area contributed by atoms with Crippen LogP contribution in [-0.2, 0) is 11.2 Å². The van der Waals surface area contributed by atoms with Crippen LogP contribution in [-0.4, -0.2) is 64.9 Å². The van der Waals surface area contributed by atoms with Crippen LogP contribution in [0.4, 0.5) is 0 Å². The molecule has 0 atom stereocenters. The summed E-state index contributed by atoms with van der Waals surface area (Å²) >= 11 is 0. The summed E-state index contributed by atoms with van der Waals surface area (Å²) in [7, 11) is 1.60. The van der Waals surface area contributed by atoms with Gasteiger partial charge in [0.15, 0.2) is 0 Å². The van der Waals surface area contributed by atoms with Gasteiger partial charge in [-0.25, -0.2) is 4.98 Å². The molecule has 2 aromatic carbocycles. The van der Waals surface area contributed by atoms with Crippen molar-refractivity contribution in [1.82, 2.24) is 19.8 Å². The summed E-state index contributed by atoms with van der Waals surface area (Å²) in [6, 6.07) is 15.1. The number of ether oxygens (including phenoxy) is 1. The van der Waals surface area contributed by atoms with Crippen LogP contribution in [0.3, 0.4) is 0 Å². The number of hydrogen-bond acceptors (Lipinski definition) is 4. The fourth-order valence-corrected chi connectivity index (χ4v) is 3.76. The monoisotopic (exact) mass is 406 g/mol. The molecule has 1 N–H and O–H groups in total. The van der Waals surface area contributed by atoms with Gasteiger partial charge >= 0.3 is 0 Å². The molecule has 30 heavy (non-hydrogen) atoms. The first-order chi connectivity index (χ1) is 14.6. The molecule has 4 rings (SSSR count). The van der Waals surface area contributed by atoms with Crippen LogP contribution in [0.2, 0.25) is 0 Å². The molecule has 1 aliphatic rings. The van der Waals surface area contributed by atoms with Crippen LogP contribution in [0.25, 0.3) is 11.0 Å². The molecule has 1 saturated heterocycles. The molecule has 2 amide bonds. The highest BCUT2D eigenvalue weighted by Gasteiger charge is 2.24. The van der Waals surface area contributed by atoms with E-state index in [-0.39, 0.29) is 11.8 Å². The maximum Gasteiger partial charge on any atom is 0.253 e. The normalized spacial score (nSPS) is 14.2. The SMILES string of the molecule is COc1ccc(C(=O)N2CCN(C(=O)CCCc3nc4ccccc4[nH]3)CC2)cc1. The van der Waals surface area contributed by atoms with Gasteiger partial charge in [-0.05, 0) is 42.8 Å². The minimum absolute atomic E-state index is 0.00497. The predicted molar refractivity (Wildman–Crippen MR) is 115 cm³/mol. The zero-order valence-corrected chi connectivity index (χ0v) is 17.1. The largest absolute Gasteiger partial charge is 0.497 e. The molecule has 0 saturated carbocycles. The number of rotatable bonds is 6. The number of carbonyl (C=O) groups excluding carboxylic acids is 2. The van der Waals surface area contributed by atoms with Crippen molar-refractivity contribution in [1.29, 1.82) is 0 Å². The Morgan fingerprint density at radius 2 is 1.70 bits per heavy atom. The smallest absolute Gasteiger partial charge is 0.253 e. The van der Waals surface area contributed by atoms with E-state index in [9.17, 15) is 9.59 Å². The number of hydrogen-bond donors (Lipinski definition) is 1. The van der Waals surface area contributed by atoms with E-state index in [1.54, 1.807) is 36.3 Å². The molecule has 0 aliphatic carbocycles. The van der Waals surface area contributed by atoms with Gasteiger partial charge in [-0.1, -0.05) is 12.1 Å². The third kappa shape index (κ3) is 4.45. The van der Waals surface area contributed by atoms with E-state index in [0.29, 0.717) is 38.2 Å². The van der Waals surface area contributed by atoms with E-state index in [1.807, 2.05) is 29.2 Å². The van der Waals surface area contributed by atoms with Crippen molar-refractivity contribution < 1.29 is 14.3 Å². The molecule has 1 fully saturated rings. The topological polar surface area (TPSA) is 78.5 Å². The lowest BCUT2D eigenvalue weighted by Gasteiger charge is -2.35. The number of para-hydroxylation sites is 2. The van der Waals surface area contributed by atoms with Crippen molar-refractivity contribution >= 4 is 22.8 Å². The first-order valence-electron chi connectivity index (χ1n) is 10.3. The highest BCUT2D eigenvalue weighted by atomic mass is 16.5. The number of aryl methyl sites for hydroxylation is 1. The Hall–Kier alpha value is -3.35. The molecule has 2 heterocycles. The van der Waals surface area contributed by atoms with E-state index < -0.39 is 0 Å². The first-order valence-corrected chi connectivity index (χ1v) is 10.3. The van der Waals surface area contributed by atoms with Crippen molar-refractivity contribution in [3.8, 4) is 5.75 Å². The van der Waals surface area contributed by atoms with Gasteiger partial charge in [0, 0.05) is 44.6 Å². The molecule has 0 spiro atoms. The molecule has 0 radical (unpaired) electrons. The van der Waals surface area contributed by atoms with Gasteiger partial charge < -0.3 is 19.5 Å². The summed E-state index contributed by atoms with van der Waals surface area (Å²) < 4.78 is 5.14. The summed E-state index contributed by atoms with van der Waals surface area (Å²) in [4.78, 5) is 36.7. The summed E-state index contributed by atoms with van der Waals surface area (Å²) in [6.45, 7) is 2.26. The molecule has 3 aromatic rings. The van der Waals surface area contributed by atoms with E-state index >= 15 is 0 Å². The number of nitrogens with zero attached hydrogens (tertiary/aromatic N) is 3. The summed E-state index contributed by atoms with van der Waals surface area (Å²) in [5.41, 5.74) is 2.62. The predicted octanol–water partition coefficient (Wildman–Crippen LogP) is 2.88. The fourth-order valence-electron chi connectivity index (χ4n) is 3.76. The Morgan fingerprint density at radius 1 is 1.00 bits per heavy atom. The third-order valence-corrected chi connectivity index (χ3v) is 5.50. The van der Waals surface area contributed by atoms with Crippen LogP contribution < -0.4 is 4.74 Å². The van der Waals surface area contributed by atoms with E-state index in [1.165, 1.54) is 0 Å². The maximum atomic E-state index is 12.6. The first kappa shape index (κ1) is 19.9. The van der Waals surface area contributed by atoms with Gasteiger partial charge in [0.25, 0.3) is 5.91 Å². The van der Waals surface area contributed by atoms with Gasteiger partial charge in [-0.15, -0.1) is 0 Å². The zero-order chi connectivity index (χ0) is 20.9. The number of nitrogens with one attached hydrogen (secondary N) is 1. The summed E-state index contributed by atoms with van der Waals surface area (Å²) in [6.07, 6.45) is 1.99. The highest BCUT2D eigenvalue weighted by molar-refractivity contribution is 5.94. The minimum Gasteiger partial charge on any atom is -0.497 e. The second kappa shape index (κ2) is 8.98. The zero-order valence-electron chi connectivity index (χ0n) is 17.1. The Kier molecular flexibility index (Phi) is 5.97. The van der Waals surface area contributed by atoms with Crippen LogP contribution in [0.5, 0.6) is 5.75 Å². The van der Waals surface area contributed by atoms with Crippen molar-refractivity contribution in [2.45, 2.75) is 19.3 Å². The number of amides is 2. The number of aromatic nitrogens is 2. The Morgan fingerprint density at radius 3 is 2.40 bits per heavy atom. The number of imidazole rings is 1. The average Bonchev–Trinajstić information content (AvgIpc) is 3.21. The lowest BCUT2D eigenvalue weighted by Crippen LogP contribution is -2.50. The Balaban J connectivity index is 1.23. The van der Waals surface area contributed by atoms with Gasteiger partial charge in [0.1, 0.15) is 11.6 Å². The van der Waals surface area contributed by atoms with Crippen molar-refractivity contribution in [3.05, 3.63) is 59.9 Å². The molecule has 1 aliphatic heterocycles. The molecule has 0 unspecified atom stereocenters. The van der Waals surface area contributed by atoms with E-state index in [2.05, 4.69) is 9.97 Å². The number of H-pyrrole nitrogens is 1. The standard InChI is InChI=1S/C23H26N4O3/c1-30-18-11-9-17(10-12-18)23(29)27-15-13-26(14-16-27)22(28)8-4-7-21-24-19-5-2-3-6-20(19)25-21/h2-3,5-6,9-12H,4,7-8,13-16H2,1H3,(H,24,25). The van der Waals surface area contributed by atoms with Crippen LogP contribution >= 0.6 is 0 Å². The fraction of sp³-hybridized carbons (Fsp3) is 0.348. The maximum absolute atomic E-state index is 12.6. The number of aromatic amines is 1. The van der Waals surface area contributed by atoms with Crippen molar-refractivity contribution in [3.63, 3.8) is 0 Å². The third-order valence-electron chi connectivity index (χ3n) is 5.50.